The number of carbonyl (C=O) groups excluding carboxylic acids is 2. The maximum atomic E-state index is 12.5. The molecule has 0 bridgehead atoms. The van der Waals surface area contributed by atoms with Gasteiger partial charge >= 0.3 is 0 Å². The Morgan fingerprint density at radius 3 is 2.69 bits per heavy atom. The molecule has 0 saturated carbocycles. The monoisotopic (exact) mass is 389 g/mol. The summed E-state index contributed by atoms with van der Waals surface area (Å²) in [5.41, 5.74) is 1.56. The number of hydrogen-bond donors (Lipinski definition) is 2. The van der Waals surface area contributed by atoms with Gasteiger partial charge in [-0.2, -0.15) is 0 Å². The predicted octanol–water partition coefficient (Wildman–Crippen LogP) is 4.56. The number of benzene rings is 2. The van der Waals surface area contributed by atoms with Crippen LogP contribution in [-0.2, 0) is 4.79 Å². The number of fused-ring (bicyclic) bond motifs is 1. The van der Waals surface area contributed by atoms with Gasteiger partial charge in [-0.05, 0) is 18.2 Å². The smallest absolute Gasteiger partial charge is 0.257 e. The number of thiazole rings is 1. The van der Waals surface area contributed by atoms with Crippen LogP contribution in [0.3, 0.4) is 0 Å². The first kappa shape index (κ1) is 18.2. The van der Waals surface area contributed by atoms with Crippen LogP contribution in [0.1, 0.15) is 23.7 Å². The van der Waals surface area contributed by atoms with E-state index < -0.39 is 0 Å². The molecule has 0 aliphatic rings. The standard InChI is InChI=1S/C18H16ClN3O3S/c1-3-15(23)21-18-22-16-13(25-2)8-10(9-14(16)26-18)20-17(24)11-6-4-5-7-12(11)19/h4-9H,3H2,1-2H3,(H,20,24)(H,21,22,23). The third-order valence-corrected chi connectivity index (χ3v) is 4.87. The van der Waals surface area contributed by atoms with Gasteiger partial charge in [0.2, 0.25) is 5.91 Å². The number of nitrogens with zero attached hydrogens (tertiary/aromatic N) is 1. The Kier molecular flexibility index (Phi) is 5.39. The Balaban J connectivity index is 1.93. The minimum Gasteiger partial charge on any atom is -0.494 e. The average Bonchev–Trinajstić information content (AvgIpc) is 3.03. The van der Waals surface area contributed by atoms with Crippen molar-refractivity contribution in [1.29, 1.82) is 0 Å². The van der Waals surface area contributed by atoms with Gasteiger partial charge in [-0.3, -0.25) is 9.59 Å². The van der Waals surface area contributed by atoms with Crippen molar-refractivity contribution in [2.75, 3.05) is 17.7 Å². The Labute approximate surface area is 159 Å². The number of aromatic nitrogens is 1. The van der Waals surface area contributed by atoms with Crippen LogP contribution >= 0.6 is 22.9 Å². The summed E-state index contributed by atoms with van der Waals surface area (Å²) in [6, 6.07) is 10.3. The summed E-state index contributed by atoms with van der Waals surface area (Å²) in [6.07, 6.45) is 0.367. The molecular formula is C18H16ClN3O3S. The fourth-order valence-electron chi connectivity index (χ4n) is 2.33. The summed E-state index contributed by atoms with van der Waals surface area (Å²) in [6.45, 7) is 1.77. The summed E-state index contributed by atoms with van der Waals surface area (Å²) in [5, 5.41) is 6.41. The Morgan fingerprint density at radius 1 is 1.23 bits per heavy atom. The molecule has 3 aromatic rings. The van der Waals surface area contributed by atoms with Crippen LogP contribution in [0.5, 0.6) is 5.75 Å². The van der Waals surface area contributed by atoms with Crippen molar-refractivity contribution in [1.82, 2.24) is 4.98 Å². The molecule has 2 N–H and O–H groups in total. The Hall–Kier alpha value is -2.64. The molecule has 2 aromatic carbocycles. The second-order valence-electron chi connectivity index (χ2n) is 5.38. The molecule has 2 amide bonds. The van der Waals surface area contributed by atoms with E-state index in [2.05, 4.69) is 15.6 Å². The largest absolute Gasteiger partial charge is 0.494 e. The molecule has 3 rings (SSSR count). The van der Waals surface area contributed by atoms with E-state index in [0.29, 0.717) is 39.1 Å². The van der Waals surface area contributed by atoms with Crippen molar-refractivity contribution in [3.05, 3.63) is 47.0 Å². The maximum Gasteiger partial charge on any atom is 0.257 e. The van der Waals surface area contributed by atoms with Gasteiger partial charge in [-0.1, -0.05) is 42.0 Å². The van der Waals surface area contributed by atoms with Crippen molar-refractivity contribution in [2.45, 2.75) is 13.3 Å². The second kappa shape index (κ2) is 7.72. The molecule has 0 unspecified atom stereocenters. The number of nitrogens with one attached hydrogen (secondary N) is 2. The summed E-state index contributed by atoms with van der Waals surface area (Å²) in [5.74, 6) is 0.0708. The maximum absolute atomic E-state index is 12.5. The first-order chi connectivity index (χ1) is 12.5. The number of methoxy groups -OCH3 is 1. The molecular weight excluding hydrogens is 374 g/mol. The van der Waals surface area contributed by atoms with E-state index in [4.69, 9.17) is 16.3 Å². The number of ether oxygens (including phenoxy) is 1. The Bertz CT molecular complexity index is 987. The molecule has 0 atom stereocenters. The molecule has 0 aliphatic carbocycles. The van der Waals surface area contributed by atoms with Gasteiger partial charge in [-0.25, -0.2) is 4.98 Å². The third kappa shape index (κ3) is 3.79. The fourth-order valence-corrected chi connectivity index (χ4v) is 3.49. The number of rotatable bonds is 5. The first-order valence-corrected chi connectivity index (χ1v) is 9.05. The van der Waals surface area contributed by atoms with E-state index >= 15 is 0 Å². The molecule has 0 spiro atoms. The van der Waals surface area contributed by atoms with E-state index in [1.807, 2.05) is 0 Å². The average molecular weight is 390 g/mol. The number of carbonyl (C=O) groups is 2. The van der Waals surface area contributed by atoms with Crippen molar-refractivity contribution >= 4 is 55.8 Å². The van der Waals surface area contributed by atoms with Crippen molar-refractivity contribution < 1.29 is 14.3 Å². The van der Waals surface area contributed by atoms with Gasteiger partial charge in [0.05, 0.1) is 22.4 Å². The number of amides is 2. The van der Waals surface area contributed by atoms with Crippen molar-refractivity contribution in [3.8, 4) is 5.75 Å². The summed E-state index contributed by atoms with van der Waals surface area (Å²) in [4.78, 5) is 28.4. The third-order valence-electron chi connectivity index (χ3n) is 3.62. The molecule has 0 aliphatic heterocycles. The van der Waals surface area contributed by atoms with E-state index in [0.717, 1.165) is 4.70 Å². The molecule has 0 fully saturated rings. The van der Waals surface area contributed by atoms with Gasteiger partial charge in [0.15, 0.2) is 5.13 Å². The molecule has 8 heteroatoms. The zero-order valence-corrected chi connectivity index (χ0v) is 15.7. The SMILES string of the molecule is CCC(=O)Nc1nc2c(OC)cc(NC(=O)c3ccccc3Cl)cc2s1. The lowest BCUT2D eigenvalue weighted by Gasteiger charge is -2.08. The predicted molar refractivity (Wildman–Crippen MR) is 104 cm³/mol. The van der Waals surface area contributed by atoms with E-state index in [1.165, 1.54) is 18.4 Å². The lowest BCUT2D eigenvalue weighted by Crippen LogP contribution is -2.12. The van der Waals surface area contributed by atoms with Gasteiger partial charge in [0.25, 0.3) is 5.91 Å². The van der Waals surface area contributed by atoms with Gasteiger partial charge in [0.1, 0.15) is 11.3 Å². The lowest BCUT2D eigenvalue weighted by molar-refractivity contribution is -0.115. The highest BCUT2D eigenvalue weighted by atomic mass is 35.5. The summed E-state index contributed by atoms with van der Waals surface area (Å²) < 4.78 is 6.16. The number of anilines is 2. The van der Waals surface area contributed by atoms with E-state index in [-0.39, 0.29) is 11.8 Å². The quantitative estimate of drug-likeness (QED) is 0.670. The molecule has 0 saturated heterocycles. The van der Waals surface area contributed by atoms with Crippen molar-refractivity contribution in [2.24, 2.45) is 0 Å². The van der Waals surface area contributed by atoms with E-state index in [9.17, 15) is 9.59 Å². The Morgan fingerprint density at radius 2 is 2.00 bits per heavy atom. The molecule has 0 radical (unpaired) electrons. The molecule has 6 nitrogen and oxygen atoms in total. The molecule has 1 aromatic heterocycles. The highest BCUT2D eigenvalue weighted by molar-refractivity contribution is 7.22. The zero-order chi connectivity index (χ0) is 18.7. The van der Waals surface area contributed by atoms with Crippen LogP contribution in [-0.4, -0.2) is 23.9 Å². The van der Waals surface area contributed by atoms with Crippen LogP contribution in [0.2, 0.25) is 5.02 Å². The van der Waals surface area contributed by atoms with Crippen LogP contribution < -0.4 is 15.4 Å². The van der Waals surface area contributed by atoms with Gasteiger partial charge < -0.3 is 15.4 Å². The first-order valence-electron chi connectivity index (χ1n) is 7.86. The van der Waals surface area contributed by atoms with Crippen LogP contribution in [0.4, 0.5) is 10.8 Å². The molecule has 26 heavy (non-hydrogen) atoms. The minimum atomic E-state index is -0.318. The highest BCUT2D eigenvalue weighted by Gasteiger charge is 2.15. The zero-order valence-electron chi connectivity index (χ0n) is 14.1. The summed E-state index contributed by atoms with van der Waals surface area (Å²) >= 11 is 7.38. The van der Waals surface area contributed by atoms with Crippen LogP contribution in [0, 0.1) is 0 Å². The normalized spacial score (nSPS) is 10.6. The molecule has 134 valence electrons. The summed E-state index contributed by atoms with van der Waals surface area (Å²) in [7, 11) is 1.53. The lowest BCUT2D eigenvalue weighted by atomic mass is 10.2. The minimum absolute atomic E-state index is 0.115. The van der Waals surface area contributed by atoms with Crippen LogP contribution in [0.25, 0.3) is 10.2 Å². The van der Waals surface area contributed by atoms with Gasteiger partial charge in [0, 0.05) is 18.2 Å². The van der Waals surface area contributed by atoms with Crippen LogP contribution in [0.15, 0.2) is 36.4 Å². The topological polar surface area (TPSA) is 80.3 Å². The highest BCUT2D eigenvalue weighted by Crippen LogP contribution is 2.35. The van der Waals surface area contributed by atoms with Crippen molar-refractivity contribution in [3.63, 3.8) is 0 Å². The van der Waals surface area contributed by atoms with E-state index in [1.54, 1.807) is 43.3 Å². The number of halogens is 1. The second-order valence-corrected chi connectivity index (χ2v) is 6.82. The van der Waals surface area contributed by atoms with Gasteiger partial charge in [-0.15, -0.1) is 0 Å². The molecule has 1 heterocycles. The fraction of sp³-hybridized carbons (Fsp3) is 0.167. The number of hydrogen-bond acceptors (Lipinski definition) is 5.